The fraction of sp³-hybridized carbons (Fsp3) is 0.400. The first kappa shape index (κ1) is 23.8. The average molecular weight is 550 g/mol. The Morgan fingerprint density at radius 2 is 1.93 bits per heavy atom. The summed E-state index contributed by atoms with van der Waals surface area (Å²) in [4.78, 5) is 18.3. The minimum atomic E-state index is 0. The fourth-order valence-electron chi connectivity index (χ4n) is 3.15. The maximum atomic E-state index is 11.9. The van der Waals surface area contributed by atoms with Gasteiger partial charge in [0.15, 0.2) is 5.96 Å². The van der Waals surface area contributed by atoms with Gasteiger partial charge >= 0.3 is 0 Å². The van der Waals surface area contributed by atoms with Crippen LogP contribution in [0.5, 0.6) is 0 Å². The van der Waals surface area contributed by atoms with Crippen molar-refractivity contribution in [2.45, 2.75) is 32.9 Å². The number of aromatic nitrogens is 1. The molecule has 2 N–H and O–H groups in total. The maximum Gasteiger partial charge on any atom is 0.227 e. The topological polar surface area (TPSA) is 61.7 Å². The van der Waals surface area contributed by atoms with Crippen LogP contribution in [0.4, 0.5) is 5.69 Å². The first-order valence-electron chi connectivity index (χ1n) is 9.40. The largest absolute Gasteiger partial charge is 0.357 e. The Balaban J connectivity index is 0.00000300. The van der Waals surface area contributed by atoms with E-state index in [-0.39, 0.29) is 29.9 Å². The molecule has 158 valence electrons. The van der Waals surface area contributed by atoms with Crippen LogP contribution in [0.25, 0.3) is 0 Å². The SMILES string of the molecule is CCNC(=NCc1ccc(N2CCCC2=O)cc1)NCc1cc(Cl)c(Cl)n1C.I. The number of rotatable bonds is 6. The van der Waals surface area contributed by atoms with E-state index in [4.69, 9.17) is 23.2 Å². The lowest BCUT2D eigenvalue weighted by atomic mass is 10.2. The molecule has 2 heterocycles. The number of amides is 1. The van der Waals surface area contributed by atoms with E-state index in [9.17, 15) is 4.79 Å². The molecule has 0 saturated carbocycles. The van der Waals surface area contributed by atoms with E-state index >= 15 is 0 Å². The van der Waals surface area contributed by atoms with Gasteiger partial charge in [0.25, 0.3) is 0 Å². The Kier molecular flexibility index (Phi) is 9.10. The van der Waals surface area contributed by atoms with Crippen molar-refractivity contribution in [1.82, 2.24) is 15.2 Å². The summed E-state index contributed by atoms with van der Waals surface area (Å²) in [5, 5.41) is 7.60. The zero-order chi connectivity index (χ0) is 20.1. The number of carbonyl (C=O) groups excluding carboxylic acids is 1. The molecule has 6 nitrogen and oxygen atoms in total. The Morgan fingerprint density at radius 1 is 1.21 bits per heavy atom. The number of hydrogen-bond acceptors (Lipinski definition) is 2. The van der Waals surface area contributed by atoms with Crippen LogP contribution in [-0.4, -0.2) is 29.5 Å². The highest BCUT2D eigenvalue weighted by molar-refractivity contribution is 14.0. The number of nitrogens with zero attached hydrogens (tertiary/aromatic N) is 3. The summed E-state index contributed by atoms with van der Waals surface area (Å²) in [5.74, 6) is 0.917. The third-order valence-corrected chi connectivity index (χ3v) is 5.58. The van der Waals surface area contributed by atoms with Gasteiger partial charge in [-0.15, -0.1) is 24.0 Å². The van der Waals surface area contributed by atoms with Crippen LogP contribution in [0.15, 0.2) is 35.3 Å². The van der Waals surface area contributed by atoms with E-state index in [2.05, 4.69) is 15.6 Å². The zero-order valence-electron chi connectivity index (χ0n) is 16.5. The number of anilines is 1. The second-order valence-electron chi connectivity index (χ2n) is 6.70. The van der Waals surface area contributed by atoms with Crippen molar-refractivity contribution in [3.05, 3.63) is 51.8 Å². The predicted octanol–water partition coefficient (Wildman–Crippen LogP) is 4.33. The number of carbonyl (C=O) groups is 1. The van der Waals surface area contributed by atoms with Crippen molar-refractivity contribution < 1.29 is 4.79 Å². The number of aliphatic imine (C=N–C) groups is 1. The zero-order valence-corrected chi connectivity index (χ0v) is 20.4. The summed E-state index contributed by atoms with van der Waals surface area (Å²) in [6, 6.07) is 9.86. The number of guanidine groups is 1. The lowest BCUT2D eigenvalue weighted by Gasteiger charge is -2.16. The van der Waals surface area contributed by atoms with E-state index in [1.165, 1.54) is 0 Å². The van der Waals surface area contributed by atoms with Crippen LogP contribution in [0.2, 0.25) is 10.2 Å². The Hall–Kier alpha value is -1.45. The molecule has 29 heavy (non-hydrogen) atoms. The third-order valence-electron chi connectivity index (χ3n) is 4.74. The summed E-state index contributed by atoms with van der Waals surface area (Å²) in [7, 11) is 1.88. The average Bonchev–Trinajstić information content (AvgIpc) is 3.23. The fourth-order valence-corrected chi connectivity index (χ4v) is 3.56. The van der Waals surface area contributed by atoms with Crippen molar-refractivity contribution >= 4 is 64.7 Å². The van der Waals surface area contributed by atoms with Gasteiger partial charge in [0.05, 0.1) is 18.1 Å². The Bertz CT molecular complexity index is 867. The van der Waals surface area contributed by atoms with Crippen molar-refractivity contribution in [1.29, 1.82) is 0 Å². The van der Waals surface area contributed by atoms with Crippen LogP contribution < -0.4 is 15.5 Å². The van der Waals surface area contributed by atoms with Crippen LogP contribution in [0.1, 0.15) is 31.0 Å². The number of halogens is 3. The molecule has 1 aliphatic rings. The first-order valence-corrected chi connectivity index (χ1v) is 10.2. The molecule has 1 saturated heterocycles. The maximum absolute atomic E-state index is 11.9. The van der Waals surface area contributed by atoms with Crippen LogP contribution in [-0.2, 0) is 24.9 Å². The summed E-state index contributed by atoms with van der Waals surface area (Å²) in [6.45, 7) is 4.69. The summed E-state index contributed by atoms with van der Waals surface area (Å²) < 4.78 is 1.85. The molecule has 1 aromatic heterocycles. The predicted molar refractivity (Wildman–Crippen MR) is 131 cm³/mol. The number of nitrogens with one attached hydrogen (secondary N) is 2. The highest BCUT2D eigenvalue weighted by Crippen LogP contribution is 2.25. The number of hydrogen-bond donors (Lipinski definition) is 2. The summed E-state index contributed by atoms with van der Waals surface area (Å²) in [6.07, 6.45) is 1.57. The molecule has 0 spiro atoms. The van der Waals surface area contributed by atoms with Gasteiger partial charge in [-0.1, -0.05) is 35.3 Å². The molecule has 0 bridgehead atoms. The monoisotopic (exact) mass is 549 g/mol. The molecule has 1 aliphatic heterocycles. The summed E-state index contributed by atoms with van der Waals surface area (Å²) in [5.41, 5.74) is 3.01. The number of benzene rings is 1. The van der Waals surface area contributed by atoms with Gasteiger partial charge in [-0.25, -0.2) is 4.99 Å². The van der Waals surface area contributed by atoms with E-state index in [1.807, 2.05) is 53.8 Å². The van der Waals surface area contributed by atoms with E-state index < -0.39 is 0 Å². The lowest BCUT2D eigenvalue weighted by molar-refractivity contribution is -0.117. The van der Waals surface area contributed by atoms with Crippen molar-refractivity contribution in [3.63, 3.8) is 0 Å². The molecule has 3 rings (SSSR count). The normalized spacial score (nSPS) is 14.1. The molecule has 0 radical (unpaired) electrons. The Morgan fingerprint density at radius 3 is 2.48 bits per heavy atom. The second-order valence-corrected chi connectivity index (χ2v) is 7.46. The standard InChI is InChI=1S/C20H25Cl2N5O.HI/c1-3-23-20(25-13-16-11-17(21)19(22)26(16)2)24-12-14-6-8-15(9-7-14)27-10-4-5-18(27)28;/h6-9,11H,3-5,10,12-13H2,1-2H3,(H2,23,24,25);1H. The third kappa shape index (κ3) is 6.02. The van der Waals surface area contributed by atoms with Gasteiger partial charge in [0.1, 0.15) is 5.15 Å². The minimum absolute atomic E-state index is 0. The highest BCUT2D eigenvalue weighted by Gasteiger charge is 2.21. The van der Waals surface area contributed by atoms with Crippen molar-refractivity contribution in [2.75, 3.05) is 18.0 Å². The van der Waals surface area contributed by atoms with Crippen molar-refractivity contribution in [3.8, 4) is 0 Å². The van der Waals surface area contributed by atoms with Crippen LogP contribution >= 0.6 is 47.2 Å². The van der Waals surface area contributed by atoms with Crippen molar-refractivity contribution in [2.24, 2.45) is 12.0 Å². The molecule has 0 aliphatic carbocycles. The molecular weight excluding hydrogens is 524 g/mol. The quantitative estimate of drug-likeness (QED) is 0.320. The highest BCUT2D eigenvalue weighted by atomic mass is 127. The minimum Gasteiger partial charge on any atom is -0.357 e. The molecule has 0 atom stereocenters. The first-order chi connectivity index (χ1) is 13.5. The van der Waals surface area contributed by atoms with Gasteiger partial charge in [0, 0.05) is 37.9 Å². The van der Waals surface area contributed by atoms with Gasteiger partial charge in [-0.05, 0) is 37.1 Å². The summed E-state index contributed by atoms with van der Waals surface area (Å²) >= 11 is 12.2. The molecule has 2 aromatic rings. The lowest BCUT2D eigenvalue weighted by Crippen LogP contribution is -2.37. The molecule has 1 amide bonds. The van der Waals surface area contributed by atoms with Crippen LogP contribution in [0.3, 0.4) is 0 Å². The molecule has 1 fully saturated rings. The molecule has 9 heteroatoms. The smallest absolute Gasteiger partial charge is 0.227 e. The molecule has 0 unspecified atom stereocenters. The van der Waals surface area contributed by atoms with Crippen LogP contribution in [0, 0.1) is 0 Å². The van der Waals surface area contributed by atoms with E-state index in [1.54, 1.807) is 0 Å². The van der Waals surface area contributed by atoms with E-state index in [0.29, 0.717) is 29.7 Å². The van der Waals surface area contributed by atoms with Gasteiger partial charge in [-0.3, -0.25) is 4.79 Å². The van der Waals surface area contributed by atoms with Gasteiger partial charge < -0.3 is 20.1 Å². The van der Waals surface area contributed by atoms with E-state index in [0.717, 1.165) is 42.4 Å². The Labute approximate surface area is 198 Å². The van der Waals surface area contributed by atoms with Gasteiger partial charge in [0.2, 0.25) is 5.91 Å². The molecule has 1 aromatic carbocycles. The second kappa shape index (κ2) is 11.1. The molecular formula is C20H26Cl2IN5O. The van der Waals surface area contributed by atoms with Gasteiger partial charge in [-0.2, -0.15) is 0 Å².